The summed E-state index contributed by atoms with van der Waals surface area (Å²) in [5, 5.41) is 3.64. The van der Waals surface area contributed by atoms with Gasteiger partial charge in [0.15, 0.2) is 5.11 Å². The molecule has 0 unspecified atom stereocenters. The van der Waals surface area contributed by atoms with Gasteiger partial charge < -0.3 is 5.32 Å². The molecule has 1 heterocycles. The molecular formula is C13H16N2OS. The second-order valence-corrected chi connectivity index (χ2v) is 4.88. The van der Waals surface area contributed by atoms with Gasteiger partial charge in [-0.05, 0) is 31.6 Å². The van der Waals surface area contributed by atoms with Crippen molar-refractivity contribution >= 4 is 23.2 Å². The van der Waals surface area contributed by atoms with Crippen molar-refractivity contribution in [3.8, 4) is 0 Å². The molecule has 17 heavy (non-hydrogen) atoms. The van der Waals surface area contributed by atoms with Crippen molar-refractivity contribution in [2.75, 3.05) is 0 Å². The molecule has 2 rings (SSSR count). The zero-order chi connectivity index (χ0) is 12.4. The first-order valence-corrected chi connectivity index (χ1v) is 6.18. The minimum Gasteiger partial charge on any atom is -0.350 e. The summed E-state index contributed by atoms with van der Waals surface area (Å²) in [6.07, 6.45) is 0.684. The number of carbonyl (C=O) groups excluding carboxylic acids is 1. The van der Waals surface area contributed by atoms with Gasteiger partial charge in [0.05, 0.1) is 0 Å². The summed E-state index contributed by atoms with van der Waals surface area (Å²) in [7, 11) is 0. The molecule has 1 aliphatic heterocycles. The summed E-state index contributed by atoms with van der Waals surface area (Å²) in [6.45, 7) is 3.94. The molecule has 1 aromatic rings. The SMILES string of the molecule is CC(C)N1C(=O)[C@H](Cc2ccccc2)NC1=S. The predicted octanol–water partition coefficient (Wildman–Crippen LogP) is 1.72. The van der Waals surface area contributed by atoms with Gasteiger partial charge in [-0.15, -0.1) is 0 Å². The Morgan fingerprint density at radius 3 is 2.53 bits per heavy atom. The van der Waals surface area contributed by atoms with Crippen LogP contribution in [-0.2, 0) is 11.2 Å². The minimum absolute atomic E-state index is 0.0776. The van der Waals surface area contributed by atoms with Crippen molar-refractivity contribution < 1.29 is 4.79 Å². The Kier molecular flexibility index (Phi) is 3.43. The van der Waals surface area contributed by atoms with E-state index in [1.165, 1.54) is 0 Å². The molecule has 1 fully saturated rings. The van der Waals surface area contributed by atoms with Crippen LogP contribution in [0.25, 0.3) is 0 Å². The van der Waals surface area contributed by atoms with Crippen LogP contribution in [0.2, 0.25) is 0 Å². The van der Waals surface area contributed by atoms with Crippen molar-refractivity contribution in [3.05, 3.63) is 35.9 Å². The molecule has 1 atom stereocenters. The van der Waals surface area contributed by atoms with Crippen molar-refractivity contribution in [1.29, 1.82) is 0 Å². The Hall–Kier alpha value is -1.42. The van der Waals surface area contributed by atoms with Gasteiger partial charge in [0.25, 0.3) is 5.91 Å². The molecule has 1 saturated heterocycles. The number of carbonyl (C=O) groups is 1. The third-order valence-corrected chi connectivity index (χ3v) is 3.17. The summed E-state index contributed by atoms with van der Waals surface area (Å²) >= 11 is 5.18. The van der Waals surface area contributed by atoms with Gasteiger partial charge >= 0.3 is 0 Å². The normalized spacial score (nSPS) is 19.9. The highest BCUT2D eigenvalue weighted by Crippen LogP contribution is 2.14. The third kappa shape index (κ3) is 2.47. The average molecular weight is 248 g/mol. The maximum absolute atomic E-state index is 12.1. The van der Waals surface area contributed by atoms with Gasteiger partial charge in [-0.3, -0.25) is 9.69 Å². The van der Waals surface area contributed by atoms with Crippen LogP contribution in [0.1, 0.15) is 19.4 Å². The fourth-order valence-corrected chi connectivity index (χ4v) is 2.47. The lowest BCUT2D eigenvalue weighted by Crippen LogP contribution is -2.37. The Bertz CT molecular complexity index is 430. The highest BCUT2D eigenvalue weighted by molar-refractivity contribution is 7.80. The van der Waals surface area contributed by atoms with Crippen molar-refractivity contribution in [1.82, 2.24) is 10.2 Å². The molecule has 1 N–H and O–H groups in total. The molecule has 0 radical (unpaired) electrons. The molecule has 0 bridgehead atoms. The van der Waals surface area contributed by atoms with Gasteiger partial charge in [0.2, 0.25) is 0 Å². The third-order valence-electron chi connectivity index (χ3n) is 2.85. The molecule has 0 aliphatic carbocycles. The molecule has 0 aromatic heterocycles. The van der Waals surface area contributed by atoms with E-state index in [4.69, 9.17) is 12.2 Å². The monoisotopic (exact) mass is 248 g/mol. The number of benzene rings is 1. The van der Waals surface area contributed by atoms with E-state index in [1.54, 1.807) is 4.90 Å². The number of rotatable bonds is 3. The number of amides is 1. The lowest BCUT2D eigenvalue weighted by atomic mass is 10.1. The second-order valence-electron chi connectivity index (χ2n) is 4.49. The van der Waals surface area contributed by atoms with E-state index in [0.29, 0.717) is 11.5 Å². The summed E-state index contributed by atoms with van der Waals surface area (Å²) in [5.74, 6) is 0.0776. The van der Waals surface area contributed by atoms with Crippen LogP contribution >= 0.6 is 12.2 Å². The van der Waals surface area contributed by atoms with Crippen LogP contribution in [0.4, 0.5) is 0 Å². The number of hydrogen-bond donors (Lipinski definition) is 1. The van der Waals surface area contributed by atoms with Crippen molar-refractivity contribution in [2.24, 2.45) is 0 Å². The minimum atomic E-state index is -0.215. The quantitative estimate of drug-likeness (QED) is 0.827. The predicted molar refractivity (Wildman–Crippen MR) is 71.6 cm³/mol. The van der Waals surface area contributed by atoms with Gasteiger partial charge in [-0.25, -0.2) is 0 Å². The molecule has 4 heteroatoms. The zero-order valence-electron chi connectivity index (χ0n) is 10.0. The molecule has 1 amide bonds. The first-order valence-electron chi connectivity index (χ1n) is 5.77. The van der Waals surface area contributed by atoms with Crippen LogP contribution in [0, 0.1) is 0 Å². The first kappa shape index (κ1) is 12.0. The van der Waals surface area contributed by atoms with E-state index in [-0.39, 0.29) is 18.0 Å². The zero-order valence-corrected chi connectivity index (χ0v) is 10.8. The van der Waals surface area contributed by atoms with E-state index in [0.717, 1.165) is 5.56 Å². The van der Waals surface area contributed by atoms with Gasteiger partial charge in [0.1, 0.15) is 6.04 Å². The van der Waals surface area contributed by atoms with Gasteiger partial charge in [0, 0.05) is 12.5 Å². The summed E-state index contributed by atoms with van der Waals surface area (Å²) in [5.41, 5.74) is 1.15. The summed E-state index contributed by atoms with van der Waals surface area (Å²) < 4.78 is 0. The second kappa shape index (κ2) is 4.84. The average Bonchev–Trinajstić information content (AvgIpc) is 2.55. The van der Waals surface area contributed by atoms with Crippen LogP contribution in [0.5, 0.6) is 0 Å². The smallest absolute Gasteiger partial charge is 0.251 e. The lowest BCUT2D eigenvalue weighted by Gasteiger charge is -2.18. The fraction of sp³-hybridized carbons (Fsp3) is 0.385. The molecule has 3 nitrogen and oxygen atoms in total. The largest absolute Gasteiger partial charge is 0.350 e. The van der Waals surface area contributed by atoms with Gasteiger partial charge in [-0.1, -0.05) is 30.3 Å². The van der Waals surface area contributed by atoms with Crippen LogP contribution < -0.4 is 5.32 Å². The van der Waals surface area contributed by atoms with E-state index in [1.807, 2.05) is 44.2 Å². The number of thiocarbonyl (C=S) groups is 1. The summed E-state index contributed by atoms with van der Waals surface area (Å²) in [4.78, 5) is 13.8. The lowest BCUT2D eigenvalue weighted by molar-refractivity contribution is -0.128. The maximum Gasteiger partial charge on any atom is 0.251 e. The Morgan fingerprint density at radius 2 is 2.00 bits per heavy atom. The van der Waals surface area contributed by atoms with Crippen molar-refractivity contribution in [3.63, 3.8) is 0 Å². The molecule has 1 aliphatic rings. The van der Waals surface area contributed by atoms with E-state index in [9.17, 15) is 4.79 Å². The number of nitrogens with zero attached hydrogens (tertiary/aromatic N) is 1. The fourth-order valence-electron chi connectivity index (χ4n) is 2.03. The van der Waals surface area contributed by atoms with Gasteiger partial charge in [-0.2, -0.15) is 0 Å². The Morgan fingerprint density at radius 1 is 1.35 bits per heavy atom. The van der Waals surface area contributed by atoms with E-state index in [2.05, 4.69) is 5.32 Å². The van der Waals surface area contributed by atoms with E-state index < -0.39 is 0 Å². The highest BCUT2D eigenvalue weighted by atomic mass is 32.1. The molecule has 0 spiro atoms. The van der Waals surface area contributed by atoms with E-state index >= 15 is 0 Å². The Balaban J connectivity index is 2.10. The van der Waals surface area contributed by atoms with Crippen molar-refractivity contribution in [2.45, 2.75) is 32.4 Å². The van der Waals surface area contributed by atoms with Crippen LogP contribution in [-0.4, -0.2) is 28.0 Å². The highest BCUT2D eigenvalue weighted by Gasteiger charge is 2.36. The number of hydrogen-bond acceptors (Lipinski definition) is 2. The molecule has 90 valence electrons. The summed E-state index contributed by atoms with van der Waals surface area (Å²) in [6, 6.07) is 9.88. The first-order chi connectivity index (χ1) is 8.09. The number of nitrogens with one attached hydrogen (secondary N) is 1. The maximum atomic E-state index is 12.1. The topological polar surface area (TPSA) is 32.3 Å². The molecule has 1 aromatic carbocycles. The Labute approximate surface area is 107 Å². The van der Waals surface area contributed by atoms with Crippen LogP contribution in [0.15, 0.2) is 30.3 Å². The molecular weight excluding hydrogens is 232 g/mol. The molecule has 0 saturated carbocycles. The standard InChI is InChI=1S/C13H16N2OS/c1-9(2)15-12(16)11(14-13(15)17)8-10-6-4-3-5-7-10/h3-7,9,11H,8H2,1-2H3,(H,14,17)/t11-/m0/s1. The van der Waals surface area contributed by atoms with Crippen LogP contribution in [0.3, 0.4) is 0 Å².